The van der Waals surface area contributed by atoms with Gasteiger partial charge in [0, 0.05) is 6.57 Å². The Balaban J connectivity index is 0. The predicted molar refractivity (Wildman–Crippen MR) is 18.3 cm³/mol. The molecular formula is CHBClN. The first-order valence-corrected chi connectivity index (χ1v) is 0.913. The Labute approximate surface area is 31.5 Å². The molecule has 0 rings (SSSR count). The molecule has 0 aromatic carbocycles. The van der Waals surface area contributed by atoms with E-state index in [0.29, 0.717) is 0 Å². The maximum atomic E-state index is 6.50. The molecule has 0 saturated carbocycles. The molecule has 0 aliphatic rings. The molecule has 0 unspecified atom stereocenters. The molecule has 4 heavy (non-hydrogen) atoms. The lowest BCUT2D eigenvalue weighted by molar-refractivity contribution is 1.58. The molecule has 0 aliphatic carbocycles. The number of hydrogen-bond acceptors (Lipinski definition) is 1. The predicted octanol–water partition coefficient (Wildman–Crippen LogP) is 0.448. The van der Waals surface area contributed by atoms with Crippen molar-refractivity contribution in [2.75, 3.05) is 0 Å². The van der Waals surface area contributed by atoms with E-state index in [2.05, 4.69) is 25.3 Å². The highest BCUT2D eigenvalue weighted by Gasteiger charge is 1.02. The van der Waals surface area contributed by atoms with Gasteiger partial charge in [-0.2, -0.15) is 0 Å². The highest BCUT2D eigenvalue weighted by Crippen LogP contribution is 1.29. The third-order valence-corrected chi connectivity index (χ3v) is 0. The van der Waals surface area contributed by atoms with Gasteiger partial charge in [-0.3, -0.25) is 0 Å². The summed E-state index contributed by atoms with van der Waals surface area (Å²) in [4.78, 5) is 0. The van der Waals surface area contributed by atoms with Crippen molar-refractivity contribution in [3.63, 3.8) is 0 Å². The lowest BCUT2D eigenvalue weighted by Crippen LogP contribution is -0.980. The van der Waals surface area contributed by atoms with Crippen molar-refractivity contribution in [3.05, 3.63) is 0 Å². The third-order valence-electron chi connectivity index (χ3n) is 0. The Morgan fingerprint density at radius 3 is 1.50 bits per heavy atom. The van der Waals surface area contributed by atoms with Crippen molar-refractivity contribution < 1.29 is 0 Å². The summed E-state index contributed by atoms with van der Waals surface area (Å²) < 4.78 is 0. The number of hydrogen-bond donors (Lipinski definition) is 0. The van der Waals surface area contributed by atoms with Gasteiger partial charge >= 0.3 is 0 Å². The molecule has 0 spiro atoms. The SMILES string of the molecule is C#N.[B]Cl. The van der Waals surface area contributed by atoms with Crippen LogP contribution in [0.1, 0.15) is 0 Å². The first-order chi connectivity index (χ1) is 2.00. The first kappa shape index (κ1) is 9.14. The monoisotopic (exact) mass is 73.0 g/mol. The van der Waals surface area contributed by atoms with E-state index in [1.54, 1.807) is 0 Å². The van der Waals surface area contributed by atoms with E-state index in [9.17, 15) is 0 Å². The van der Waals surface area contributed by atoms with Crippen molar-refractivity contribution in [2.45, 2.75) is 0 Å². The molecule has 0 aromatic heterocycles. The molecule has 0 amide bonds. The van der Waals surface area contributed by atoms with Crippen molar-refractivity contribution in [2.24, 2.45) is 0 Å². The molecule has 0 heterocycles. The molecule has 0 saturated heterocycles. The van der Waals surface area contributed by atoms with Crippen molar-refractivity contribution >= 4 is 18.7 Å². The molecule has 0 bridgehead atoms. The summed E-state index contributed by atoms with van der Waals surface area (Å²) in [5.41, 5.74) is 0. The van der Waals surface area contributed by atoms with Crippen LogP contribution in [0.5, 0.6) is 0 Å². The third kappa shape index (κ3) is 54.8. The molecule has 0 fully saturated rings. The van der Waals surface area contributed by atoms with Gasteiger partial charge in [0.1, 0.15) is 0 Å². The number of nitrogens with zero attached hydrogens (tertiary/aromatic N) is 1. The van der Waals surface area contributed by atoms with Gasteiger partial charge in [0.2, 0.25) is 7.26 Å². The van der Waals surface area contributed by atoms with Crippen LogP contribution in [0.3, 0.4) is 0 Å². The number of halogens is 1. The van der Waals surface area contributed by atoms with Crippen molar-refractivity contribution in [1.82, 2.24) is 0 Å². The summed E-state index contributed by atoms with van der Waals surface area (Å²) in [5, 5.41) is 6.50. The summed E-state index contributed by atoms with van der Waals surface area (Å²) >= 11 is 4.14. The highest BCUT2D eigenvalue weighted by atomic mass is 35.5. The molecular weight excluding hydrogens is 72.3 g/mol. The fraction of sp³-hybridized carbons (Fsp3) is 0. The summed E-state index contributed by atoms with van der Waals surface area (Å²) in [5.74, 6) is 0. The molecule has 20 valence electrons. The van der Waals surface area contributed by atoms with E-state index in [1.165, 1.54) is 0 Å². The van der Waals surface area contributed by atoms with Crippen LogP contribution < -0.4 is 0 Å². The Kier molecular flexibility index (Phi) is 920. The van der Waals surface area contributed by atoms with Gasteiger partial charge in [0.15, 0.2) is 0 Å². The molecule has 0 N–H and O–H groups in total. The smallest absolute Gasteiger partial charge is 0.214 e. The van der Waals surface area contributed by atoms with Crippen LogP contribution in [0.2, 0.25) is 0 Å². The average molecular weight is 73.3 g/mol. The van der Waals surface area contributed by atoms with E-state index in [-0.39, 0.29) is 0 Å². The second-order valence-corrected chi connectivity index (χ2v) is 0. The van der Waals surface area contributed by atoms with E-state index in [4.69, 9.17) is 5.26 Å². The van der Waals surface area contributed by atoms with Crippen LogP contribution in [0.4, 0.5) is 0 Å². The normalized spacial score (nSPS) is 1.75. The quantitative estimate of drug-likeness (QED) is 0.382. The average Bonchev–Trinajstić information content (AvgIpc) is 1.50. The molecule has 0 aliphatic heterocycles. The summed E-state index contributed by atoms with van der Waals surface area (Å²) in [7, 11) is 3.97. The standard InChI is InChI=1S/CHN.BCl/c2*1-2/h1H;. The Hall–Kier alpha value is -0.155. The maximum absolute atomic E-state index is 6.50. The van der Waals surface area contributed by atoms with Crippen molar-refractivity contribution in [1.29, 1.82) is 5.26 Å². The molecule has 0 aromatic rings. The van der Waals surface area contributed by atoms with Crippen LogP contribution in [-0.4, -0.2) is 7.26 Å². The van der Waals surface area contributed by atoms with E-state index in [0.717, 1.165) is 0 Å². The maximum Gasteiger partial charge on any atom is 0.214 e. The van der Waals surface area contributed by atoms with Crippen molar-refractivity contribution in [3.8, 4) is 6.57 Å². The zero-order valence-corrected chi connectivity index (χ0v) is 2.74. The minimum absolute atomic E-state index is 3.50. The zero-order chi connectivity index (χ0) is 4.00. The fourth-order valence-corrected chi connectivity index (χ4v) is 0. The lowest BCUT2D eigenvalue weighted by atomic mass is 10.8. The van der Waals surface area contributed by atoms with Crippen LogP contribution in [-0.2, 0) is 0 Å². The van der Waals surface area contributed by atoms with Gasteiger partial charge in [0.25, 0.3) is 0 Å². The summed E-state index contributed by atoms with van der Waals surface area (Å²) in [6, 6.07) is 0. The molecule has 0 atom stereocenters. The van der Waals surface area contributed by atoms with Gasteiger partial charge in [0.05, 0.1) is 0 Å². The minimum Gasteiger partial charge on any atom is -0.214 e. The van der Waals surface area contributed by atoms with Crippen LogP contribution >= 0.6 is 11.5 Å². The van der Waals surface area contributed by atoms with Crippen LogP contribution in [0.25, 0.3) is 0 Å². The zero-order valence-electron chi connectivity index (χ0n) is 1.98. The number of rotatable bonds is 0. The lowest BCUT2D eigenvalue weighted by Gasteiger charge is -1.02. The van der Waals surface area contributed by atoms with E-state index >= 15 is 0 Å². The Morgan fingerprint density at radius 1 is 1.50 bits per heavy atom. The summed E-state index contributed by atoms with van der Waals surface area (Å²) in [6.07, 6.45) is 0. The second-order valence-electron chi connectivity index (χ2n) is 0. The van der Waals surface area contributed by atoms with Gasteiger partial charge in [-0.1, -0.05) is 0 Å². The molecule has 2 radical (unpaired) electrons. The fourth-order valence-electron chi connectivity index (χ4n) is 0. The van der Waals surface area contributed by atoms with Gasteiger partial charge in [-0.05, 0) is 0 Å². The second kappa shape index (κ2) is 403. The largest absolute Gasteiger partial charge is 0.214 e. The molecule has 3 heteroatoms. The molecule has 1 nitrogen and oxygen atoms in total. The van der Waals surface area contributed by atoms with E-state index in [1.807, 2.05) is 0 Å². The van der Waals surface area contributed by atoms with E-state index < -0.39 is 0 Å². The first-order valence-electron chi connectivity index (χ1n) is 0.476. The van der Waals surface area contributed by atoms with Crippen LogP contribution in [0, 0.1) is 11.8 Å². The van der Waals surface area contributed by atoms with Gasteiger partial charge in [-0.25, -0.2) is 16.7 Å². The van der Waals surface area contributed by atoms with Gasteiger partial charge < -0.3 is 0 Å². The Morgan fingerprint density at radius 2 is 1.50 bits per heavy atom. The minimum atomic E-state index is 3.50. The summed E-state index contributed by atoms with van der Waals surface area (Å²) in [6.45, 7) is 3.50. The van der Waals surface area contributed by atoms with Gasteiger partial charge in [-0.15, -0.1) is 0 Å². The highest BCUT2D eigenvalue weighted by molar-refractivity contribution is 6.80. The Bertz CT molecular complexity index is 12.8. The topological polar surface area (TPSA) is 23.8 Å². The van der Waals surface area contributed by atoms with Crippen LogP contribution in [0.15, 0.2) is 0 Å². The number of nitriles is 1.